The van der Waals surface area contributed by atoms with E-state index in [1.54, 1.807) is 4.31 Å². The lowest BCUT2D eigenvalue weighted by Crippen LogP contribution is -2.36. The molecule has 0 bridgehead atoms. The molecule has 0 radical (unpaired) electrons. The summed E-state index contributed by atoms with van der Waals surface area (Å²) in [6.07, 6.45) is 0.662. The first-order chi connectivity index (χ1) is 9.86. The van der Waals surface area contributed by atoms with E-state index in [1.165, 1.54) is 0 Å². The first-order valence-electron chi connectivity index (χ1n) is 7.27. The molecule has 1 heterocycles. The van der Waals surface area contributed by atoms with E-state index in [2.05, 4.69) is 5.32 Å². The highest BCUT2D eigenvalue weighted by Gasteiger charge is 2.30. The smallest absolute Gasteiger partial charge is 0.243 e. The molecule has 6 heteroatoms. The second-order valence-electron chi connectivity index (χ2n) is 5.59. The van der Waals surface area contributed by atoms with E-state index in [0.717, 1.165) is 23.2 Å². The van der Waals surface area contributed by atoms with Crippen LogP contribution in [0.4, 0.5) is 5.69 Å². The molecule has 1 unspecified atom stereocenters. The van der Waals surface area contributed by atoms with Gasteiger partial charge < -0.3 is 10.1 Å². The van der Waals surface area contributed by atoms with Crippen LogP contribution >= 0.6 is 0 Å². The van der Waals surface area contributed by atoms with E-state index in [1.807, 2.05) is 40.0 Å². The molecule has 0 aliphatic carbocycles. The van der Waals surface area contributed by atoms with Crippen LogP contribution in [0.15, 0.2) is 17.0 Å². The highest BCUT2D eigenvalue weighted by molar-refractivity contribution is 7.89. The van der Waals surface area contributed by atoms with Crippen molar-refractivity contribution in [1.82, 2.24) is 4.31 Å². The molecule has 0 aromatic heterocycles. The van der Waals surface area contributed by atoms with Crippen molar-refractivity contribution in [3.05, 3.63) is 23.3 Å². The maximum Gasteiger partial charge on any atom is 0.243 e. The van der Waals surface area contributed by atoms with Gasteiger partial charge in [0.1, 0.15) is 0 Å². The Morgan fingerprint density at radius 1 is 1.29 bits per heavy atom. The van der Waals surface area contributed by atoms with Crippen LogP contribution in [0.2, 0.25) is 0 Å². The van der Waals surface area contributed by atoms with Crippen LogP contribution in [0.25, 0.3) is 0 Å². The van der Waals surface area contributed by atoms with Gasteiger partial charge in [0.05, 0.1) is 11.0 Å². The van der Waals surface area contributed by atoms with Gasteiger partial charge in [-0.05, 0) is 50.5 Å². The first-order valence-corrected chi connectivity index (χ1v) is 8.71. The van der Waals surface area contributed by atoms with Gasteiger partial charge in [0.2, 0.25) is 10.0 Å². The minimum Gasteiger partial charge on any atom is -0.388 e. The molecule has 0 amide bonds. The van der Waals surface area contributed by atoms with Crippen molar-refractivity contribution in [2.75, 3.05) is 32.1 Å². The lowest BCUT2D eigenvalue weighted by atomic mass is 10.1. The second-order valence-corrected chi connectivity index (χ2v) is 7.46. The van der Waals surface area contributed by atoms with Crippen molar-refractivity contribution in [2.45, 2.75) is 38.2 Å². The summed E-state index contributed by atoms with van der Waals surface area (Å²) < 4.78 is 33.1. The molecule has 118 valence electrons. The molecule has 2 rings (SSSR count). The van der Waals surface area contributed by atoms with Gasteiger partial charge in [-0.2, -0.15) is 4.31 Å². The van der Waals surface area contributed by atoms with Crippen molar-refractivity contribution in [3.8, 4) is 0 Å². The Labute approximate surface area is 127 Å². The quantitative estimate of drug-likeness (QED) is 0.929. The molecule has 5 nitrogen and oxygen atoms in total. The number of aryl methyl sites for hydroxylation is 2. The molecule has 1 aromatic carbocycles. The zero-order valence-electron chi connectivity index (χ0n) is 13.1. The number of ether oxygens (including phenoxy) is 1. The topological polar surface area (TPSA) is 58.6 Å². The van der Waals surface area contributed by atoms with Crippen LogP contribution in [0, 0.1) is 13.8 Å². The summed E-state index contributed by atoms with van der Waals surface area (Å²) >= 11 is 0. The normalized spacial score (nSPS) is 21.0. The minimum atomic E-state index is -3.48. The third-order valence-electron chi connectivity index (χ3n) is 3.76. The summed E-state index contributed by atoms with van der Waals surface area (Å²) in [6, 6.07) is 3.75. The Hall–Kier alpha value is -1.11. The zero-order valence-corrected chi connectivity index (χ0v) is 14.0. The standard InChI is InChI=1S/C15H24N2O3S/c1-11-8-14(16-4)9-12(2)15(11)21(18,19)17-6-5-7-20-13(3)10-17/h8-9,13,16H,5-7,10H2,1-4H3. The van der Waals surface area contributed by atoms with Gasteiger partial charge in [0.15, 0.2) is 0 Å². The molecular formula is C15H24N2O3S. The zero-order chi connectivity index (χ0) is 15.6. The Bertz CT molecular complexity index is 590. The van der Waals surface area contributed by atoms with Crippen LogP contribution < -0.4 is 5.32 Å². The number of anilines is 1. The van der Waals surface area contributed by atoms with Gasteiger partial charge >= 0.3 is 0 Å². The van der Waals surface area contributed by atoms with Gasteiger partial charge in [-0.15, -0.1) is 0 Å². The molecular weight excluding hydrogens is 288 g/mol. The number of nitrogens with one attached hydrogen (secondary N) is 1. The average molecular weight is 312 g/mol. The molecule has 0 spiro atoms. The number of nitrogens with zero attached hydrogens (tertiary/aromatic N) is 1. The summed E-state index contributed by atoms with van der Waals surface area (Å²) in [5, 5.41) is 3.06. The number of benzene rings is 1. The van der Waals surface area contributed by atoms with Crippen LogP contribution in [0.1, 0.15) is 24.5 Å². The Morgan fingerprint density at radius 3 is 2.48 bits per heavy atom. The molecule has 1 N–H and O–H groups in total. The Balaban J connectivity index is 2.43. The maximum atomic E-state index is 13.0. The fraction of sp³-hybridized carbons (Fsp3) is 0.600. The summed E-state index contributed by atoms with van der Waals surface area (Å²) in [7, 11) is -1.65. The third-order valence-corrected chi connectivity index (χ3v) is 5.93. The average Bonchev–Trinajstić information content (AvgIpc) is 2.62. The summed E-state index contributed by atoms with van der Waals surface area (Å²) in [5.74, 6) is 0. The molecule has 1 fully saturated rings. The Morgan fingerprint density at radius 2 is 1.90 bits per heavy atom. The van der Waals surface area contributed by atoms with E-state index in [-0.39, 0.29) is 6.10 Å². The van der Waals surface area contributed by atoms with E-state index < -0.39 is 10.0 Å². The van der Waals surface area contributed by atoms with E-state index in [4.69, 9.17) is 4.74 Å². The highest BCUT2D eigenvalue weighted by atomic mass is 32.2. The number of rotatable bonds is 3. The highest BCUT2D eigenvalue weighted by Crippen LogP contribution is 2.28. The SMILES string of the molecule is CNc1cc(C)c(S(=O)(=O)N2CCCOC(C)C2)c(C)c1. The monoisotopic (exact) mass is 312 g/mol. The molecule has 1 saturated heterocycles. The van der Waals surface area contributed by atoms with Crippen molar-refractivity contribution >= 4 is 15.7 Å². The molecule has 1 aromatic rings. The van der Waals surface area contributed by atoms with Crippen molar-refractivity contribution in [1.29, 1.82) is 0 Å². The summed E-state index contributed by atoms with van der Waals surface area (Å²) in [6.45, 7) is 7.15. The van der Waals surface area contributed by atoms with Crippen molar-refractivity contribution in [3.63, 3.8) is 0 Å². The van der Waals surface area contributed by atoms with Crippen molar-refractivity contribution < 1.29 is 13.2 Å². The van der Waals surface area contributed by atoms with Gasteiger partial charge in [0, 0.05) is 32.4 Å². The van der Waals surface area contributed by atoms with Crippen LogP contribution in [-0.2, 0) is 14.8 Å². The molecule has 1 aliphatic heterocycles. The number of hydrogen-bond donors (Lipinski definition) is 1. The Kier molecular flexibility index (Phi) is 4.91. The lowest BCUT2D eigenvalue weighted by molar-refractivity contribution is 0.0752. The van der Waals surface area contributed by atoms with E-state index in [9.17, 15) is 8.42 Å². The summed E-state index contributed by atoms with van der Waals surface area (Å²) in [4.78, 5) is 0.426. The minimum absolute atomic E-state index is 0.0699. The number of sulfonamides is 1. The van der Waals surface area contributed by atoms with Crippen LogP contribution in [-0.4, -0.2) is 45.6 Å². The third kappa shape index (κ3) is 3.39. The van der Waals surface area contributed by atoms with Crippen LogP contribution in [0.3, 0.4) is 0 Å². The van der Waals surface area contributed by atoms with Crippen LogP contribution in [0.5, 0.6) is 0 Å². The molecule has 0 saturated carbocycles. The lowest BCUT2D eigenvalue weighted by Gasteiger charge is -2.24. The largest absolute Gasteiger partial charge is 0.388 e. The van der Waals surface area contributed by atoms with E-state index >= 15 is 0 Å². The fourth-order valence-corrected chi connectivity index (χ4v) is 4.77. The fourth-order valence-electron chi connectivity index (χ4n) is 2.81. The predicted octanol–water partition coefficient (Wildman–Crippen LogP) is 2.14. The van der Waals surface area contributed by atoms with Crippen molar-refractivity contribution in [2.24, 2.45) is 0 Å². The predicted molar refractivity (Wildman–Crippen MR) is 84.3 cm³/mol. The van der Waals surface area contributed by atoms with Gasteiger partial charge in [-0.25, -0.2) is 8.42 Å². The molecule has 21 heavy (non-hydrogen) atoms. The maximum absolute atomic E-state index is 13.0. The molecule has 1 atom stereocenters. The second kappa shape index (κ2) is 6.34. The van der Waals surface area contributed by atoms with E-state index in [0.29, 0.717) is 24.6 Å². The van der Waals surface area contributed by atoms with Gasteiger partial charge in [-0.3, -0.25) is 0 Å². The molecule has 1 aliphatic rings. The number of hydrogen-bond acceptors (Lipinski definition) is 4. The first kappa shape index (κ1) is 16.3. The van der Waals surface area contributed by atoms with Gasteiger partial charge in [0.25, 0.3) is 0 Å². The van der Waals surface area contributed by atoms with Gasteiger partial charge in [-0.1, -0.05) is 0 Å². The summed E-state index contributed by atoms with van der Waals surface area (Å²) in [5.41, 5.74) is 2.48.